The average molecular weight is 320 g/mol. The SMILES string of the molecule is OCCCc1cn(Cc2ccc(Cl)cn2)nc1C(F)(F)F. The highest BCUT2D eigenvalue weighted by atomic mass is 35.5. The summed E-state index contributed by atoms with van der Waals surface area (Å²) in [6, 6.07) is 3.25. The largest absolute Gasteiger partial charge is 0.435 e. The lowest BCUT2D eigenvalue weighted by atomic mass is 10.1. The van der Waals surface area contributed by atoms with Crippen LogP contribution < -0.4 is 0 Å². The fourth-order valence-electron chi connectivity index (χ4n) is 1.90. The van der Waals surface area contributed by atoms with Crippen molar-refractivity contribution in [3.8, 4) is 0 Å². The number of aliphatic hydroxyl groups is 1. The Bertz CT molecular complexity index is 596. The van der Waals surface area contributed by atoms with Gasteiger partial charge in [0.05, 0.1) is 17.3 Å². The van der Waals surface area contributed by atoms with E-state index >= 15 is 0 Å². The van der Waals surface area contributed by atoms with Gasteiger partial charge in [-0.2, -0.15) is 18.3 Å². The molecule has 0 amide bonds. The van der Waals surface area contributed by atoms with Gasteiger partial charge in [0.15, 0.2) is 5.69 Å². The summed E-state index contributed by atoms with van der Waals surface area (Å²) < 4.78 is 39.9. The van der Waals surface area contributed by atoms with Crippen LogP contribution in [0.1, 0.15) is 23.4 Å². The molecule has 0 saturated carbocycles. The number of pyridine rings is 1. The molecule has 0 saturated heterocycles. The normalized spacial score (nSPS) is 11.9. The van der Waals surface area contributed by atoms with Crippen LogP contribution in [0.25, 0.3) is 0 Å². The highest BCUT2D eigenvalue weighted by Gasteiger charge is 2.36. The van der Waals surface area contributed by atoms with E-state index < -0.39 is 11.9 Å². The Balaban J connectivity index is 2.23. The Kier molecular flexibility index (Phi) is 4.84. The number of halogens is 4. The summed E-state index contributed by atoms with van der Waals surface area (Å²) in [4.78, 5) is 4.02. The van der Waals surface area contributed by atoms with Gasteiger partial charge in [-0.25, -0.2) is 0 Å². The zero-order valence-corrected chi connectivity index (χ0v) is 11.7. The van der Waals surface area contributed by atoms with Gasteiger partial charge in [0, 0.05) is 24.6 Å². The fraction of sp³-hybridized carbons (Fsp3) is 0.385. The summed E-state index contributed by atoms with van der Waals surface area (Å²) >= 11 is 5.70. The van der Waals surface area contributed by atoms with Crippen LogP contribution >= 0.6 is 11.6 Å². The first-order valence-electron chi connectivity index (χ1n) is 6.25. The summed E-state index contributed by atoms with van der Waals surface area (Å²) in [5, 5.41) is 12.8. The minimum atomic E-state index is -4.51. The van der Waals surface area contributed by atoms with E-state index in [4.69, 9.17) is 16.7 Å². The third-order valence-corrected chi connectivity index (χ3v) is 3.05. The van der Waals surface area contributed by atoms with Crippen molar-refractivity contribution in [2.75, 3.05) is 6.61 Å². The van der Waals surface area contributed by atoms with Gasteiger partial charge < -0.3 is 5.11 Å². The van der Waals surface area contributed by atoms with Crippen molar-refractivity contribution in [1.29, 1.82) is 0 Å². The number of aliphatic hydroxyl groups excluding tert-OH is 1. The lowest BCUT2D eigenvalue weighted by molar-refractivity contribution is -0.142. The molecule has 0 bridgehead atoms. The Hall–Kier alpha value is -1.60. The van der Waals surface area contributed by atoms with Gasteiger partial charge >= 0.3 is 6.18 Å². The van der Waals surface area contributed by atoms with Gasteiger partial charge in [0.1, 0.15) is 0 Å². The minimum Gasteiger partial charge on any atom is -0.396 e. The summed E-state index contributed by atoms with van der Waals surface area (Å²) in [6.07, 6.45) is -1.36. The van der Waals surface area contributed by atoms with Gasteiger partial charge in [-0.3, -0.25) is 9.67 Å². The number of aromatic nitrogens is 3. The average Bonchev–Trinajstić information content (AvgIpc) is 2.82. The van der Waals surface area contributed by atoms with E-state index in [1.807, 2.05) is 0 Å². The molecule has 0 aliphatic rings. The van der Waals surface area contributed by atoms with Crippen LogP contribution in [-0.2, 0) is 19.1 Å². The number of nitrogens with zero attached hydrogens (tertiary/aromatic N) is 3. The molecule has 0 fully saturated rings. The van der Waals surface area contributed by atoms with Gasteiger partial charge in [0.25, 0.3) is 0 Å². The van der Waals surface area contributed by atoms with E-state index in [-0.39, 0.29) is 31.6 Å². The van der Waals surface area contributed by atoms with Crippen molar-refractivity contribution in [1.82, 2.24) is 14.8 Å². The molecule has 0 aliphatic carbocycles. The van der Waals surface area contributed by atoms with Gasteiger partial charge in [-0.05, 0) is 25.0 Å². The molecule has 0 unspecified atom stereocenters. The predicted molar refractivity (Wildman–Crippen MR) is 71.0 cm³/mol. The summed E-state index contributed by atoms with van der Waals surface area (Å²) in [6.45, 7) is -0.0411. The van der Waals surface area contributed by atoms with E-state index in [1.54, 1.807) is 12.1 Å². The highest BCUT2D eigenvalue weighted by molar-refractivity contribution is 6.30. The molecular formula is C13H13ClF3N3O. The van der Waals surface area contributed by atoms with Crippen LogP contribution in [0.2, 0.25) is 5.02 Å². The van der Waals surface area contributed by atoms with Crippen molar-refractivity contribution < 1.29 is 18.3 Å². The maximum atomic E-state index is 12.9. The monoisotopic (exact) mass is 319 g/mol. The molecule has 2 aromatic rings. The molecule has 0 aliphatic heterocycles. The summed E-state index contributed by atoms with van der Waals surface area (Å²) in [5.41, 5.74) is -0.278. The lowest BCUT2D eigenvalue weighted by Crippen LogP contribution is -2.10. The van der Waals surface area contributed by atoms with Crippen LogP contribution in [0.5, 0.6) is 0 Å². The second-order valence-electron chi connectivity index (χ2n) is 4.49. The fourth-order valence-corrected chi connectivity index (χ4v) is 2.01. The number of aryl methyl sites for hydroxylation is 1. The minimum absolute atomic E-state index is 0.0745. The molecule has 2 aromatic heterocycles. The standard InChI is InChI=1S/C13H13ClF3N3O/c14-10-3-4-11(18-6-10)8-20-7-9(2-1-5-21)12(19-20)13(15,16)17/h3-4,6-7,21H,1-2,5,8H2. The molecule has 2 heterocycles. The molecule has 0 spiro atoms. The molecule has 21 heavy (non-hydrogen) atoms. The third kappa shape index (κ3) is 4.18. The molecule has 0 radical (unpaired) electrons. The van der Waals surface area contributed by atoms with Gasteiger partial charge in [-0.1, -0.05) is 11.6 Å². The maximum Gasteiger partial charge on any atom is 0.435 e. The summed E-state index contributed by atoms with van der Waals surface area (Å²) in [5.74, 6) is 0. The first-order chi connectivity index (χ1) is 9.90. The molecule has 8 heteroatoms. The number of hydrogen-bond donors (Lipinski definition) is 1. The third-order valence-electron chi connectivity index (χ3n) is 2.82. The maximum absolute atomic E-state index is 12.9. The van der Waals surface area contributed by atoms with Gasteiger partial charge in [-0.15, -0.1) is 0 Å². The second-order valence-corrected chi connectivity index (χ2v) is 4.93. The number of alkyl halides is 3. The van der Waals surface area contributed by atoms with Crippen molar-refractivity contribution >= 4 is 11.6 Å². The molecule has 1 N–H and O–H groups in total. The van der Waals surface area contributed by atoms with Crippen molar-refractivity contribution in [2.24, 2.45) is 0 Å². The van der Waals surface area contributed by atoms with Crippen LogP contribution in [0.3, 0.4) is 0 Å². The first kappa shape index (κ1) is 15.8. The van der Waals surface area contributed by atoms with Crippen LogP contribution in [0.15, 0.2) is 24.5 Å². The highest BCUT2D eigenvalue weighted by Crippen LogP contribution is 2.31. The molecule has 114 valence electrons. The van der Waals surface area contributed by atoms with E-state index in [0.29, 0.717) is 10.7 Å². The lowest BCUT2D eigenvalue weighted by Gasteiger charge is -2.05. The van der Waals surface area contributed by atoms with Crippen molar-refractivity contribution in [3.63, 3.8) is 0 Å². The van der Waals surface area contributed by atoms with E-state index in [2.05, 4.69) is 10.1 Å². The zero-order chi connectivity index (χ0) is 15.5. The van der Waals surface area contributed by atoms with E-state index in [0.717, 1.165) is 0 Å². The van der Waals surface area contributed by atoms with Crippen molar-refractivity contribution in [3.05, 3.63) is 46.5 Å². The van der Waals surface area contributed by atoms with Crippen LogP contribution in [0.4, 0.5) is 13.2 Å². The quantitative estimate of drug-likeness (QED) is 0.922. The molecular weight excluding hydrogens is 307 g/mol. The summed E-state index contributed by atoms with van der Waals surface area (Å²) in [7, 11) is 0. The Morgan fingerprint density at radius 1 is 1.29 bits per heavy atom. The predicted octanol–water partition coefficient (Wildman–Crippen LogP) is 2.92. The smallest absolute Gasteiger partial charge is 0.396 e. The van der Waals surface area contributed by atoms with Gasteiger partial charge in [0.2, 0.25) is 0 Å². The van der Waals surface area contributed by atoms with E-state index in [1.165, 1.54) is 17.1 Å². The number of rotatable bonds is 5. The Morgan fingerprint density at radius 2 is 2.05 bits per heavy atom. The van der Waals surface area contributed by atoms with Crippen LogP contribution in [-0.4, -0.2) is 26.5 Å². The zero-order valence-electron chi connectivity index (χ0n) is 10.9. The molecule has 0 aromatic carbocycles. The van der Waals surface area contributed by atoms with Crippen LogP contribution in [0, 0.1) is 0 Å². The molecule has 2 rings (SSSR count). The molecule has 4 nitrogen and oxygen atoms in total. The number of hydrogen-bond acceptors (Lipinski definition) is 3. The molecule has 0 atom stereocenters. The Labute approximate surface area is 124 Å². The first-order valence-corrected chi connectivity index (χ1v) is 6.63. The van der Waals surface area contributed by atoms with E-state index in [9.17, 15) is 13.2 Å². The topological polar surface area (TPSA) is 50.9 Å². The van der Waals surface area contributed by atoms with Crippen molar-refractivity contribution in [2.45, 2.75) is 25.6 Å². The Morgan fingerprint density at radius 3 is 2.62 bits per heavy atom. The second kappa shape index (κ2) is 6.44.